The highest BCUT2D eigenvalue weighted by Gasteiger charge is 2.26. The van der Waals surface area contributed by atoms with Gasteiger partial charge in [-0.2, -0.15) is 5.10 Å². The fraction of sp³-hybridized carbons (Fsp3) is 0.444. The molecular formula is C18H23FN4O2. The average molecular weight is 346 g/mol. The van der Waals surface area contributed by atoms with Gasteiger partial charge < -0.3 is 15.8 Å². The van der Waals surface area contributed by atoms with Crippen LogP contribution in [0.2, 0.25) is 0 Å². The monoisotopic (exact) mass is 346 g/mol. The van der Waals surface area contributed by atoms with Gasteiger partial charge in [0.2, 0.25) is 5.91 Å². The summed E-state index contributed by atoms with van der Waals surface area (Å²) >= 11 is 0. The van der Waals surface area contributed by atoms with Gasteiger partial charge in [0.15, 0.2) is 0 Å². The van der Waals surface area contributed by atoms with Crippen LogP contribution in [0.25, 0.3) is 5.69 Å². The van der Waals surface area contributed by atoms with Crippen molar-refractivity contribution in [1.29, 1.82) is 0 Å². The number of hydrogen-bond donors (Lipinski definition) is 2. The first-order valence-corrected chi connectivity index (χ1v) is 8.55. The maximum absolute atomic E-state index is 13.0. The zero-order valence-corrected chi connectivity index (χ0v) is 14.0. The van der Waals surface area contributed by atoms with E-state index in [0.29, 0.717) is 26.2 Å². The maximum Gasteiger partial charge on any atom is 0.237 e. The molecule has 2 aromatic rings. The molecule has 134 valence electrons. The van der Waals surface area contributed by atoms with Crippen LogP contribution in [0.1, 0.15) is 18.5 Å². The molecule has 3 N–H and O–H groups in total. The largest absolute Gasteiger partial charge is 0.381 e. The Morgan fingerprint density at radius 3 is 2.76 bits per heavy atom. The van der Waals surface area contributed by atoms with Crippen LogP contribution >= 0.6 is 0 Å². The topological polar surface area (TPSA) is 82.2 Å². The van der Waals surface area contributed by atoms with Crippen LogP contribution < -0.4 is 11.1 Å². The van der Waals surface area contributed by atoms with Gasteiger partial charge in [-0.15, -0.1) is 0 Å². The van der Waals surface area contributed by atoms with Crippen LogP contribution in [0.5, 0.6) is 0 Å². The van der Waals surface area contributed by atoms with E-state index in [4.69, 9.17) is 10.5 Å². The number of hydrogen-bond acceptors (Lipinski definition) is 4. The third-order valence-corrected chi connectivity index (χ3v) is 4.49. The molecule has 0 radical (unpaired) electrons. The second-order valence-electron chi connectivity index (χ2n) is 6.24. The molecule has 1 aromatic heterocycles. The van der Waals surface area contributed by atoms with Crippen molar-refractivity contribution >= 4 is 5.91 Å². The Morgan fingerprint density at radius 2 is 2.04 bits per heavy atom. The standard InChI is InChI=1S/C18H23FN4O2/c19-14-1-3-16(4-2-14)23-10-6-15(22-23)5-9-21-18(24)17(20)13-7-11-25-12-8-13/h1-4,6,10,13,17H,5,7-9,11-12,20H2,(H,21,24). The van der Waals surface area contributed by atoms with Crippen LogP contribution in [-0.2, 0) is 16.0 Å². The first-order chi connectivity index (χ1) is 12.1. The minimum Gasteiger partial charge on any atom is -0.381 e. The normalized spacial score (nSPS) is 16.6. The van der Waals surface area contributed by atoms with Gasteiger partial charge in [-0.1, -0.05) is 0 Å². The minimum absolute atomic E-state index is 0.120. The van der Waals surface area contributed by atoms with Crippen molar-refractivity contribution in [1.82, 2.24) is 15.1 Å². The molecule has 1 aromatic carbocycles. The number of carbonyl (C=O) groups is 1. The molecule has 3 rings (SSSR count). The van der Waals surface area contributed by atoms with E-state index in [1.54, 1.807) is 16.8 Å². The number of ether oxygens (including phenoxy) is 1. The lowest BCUT2D eigenvalue weighted by Gasteiger charge is -2.26. The van der Waals surface area contributed by atoms with Crippen molar-refractivity contribution in [2.75, 3.05) is 19.8 Å². The summed E-state index contributed by atoms with van der Waals surface area (Å²) in [6.45, 7) is 1.83. The second-order valence-corrected chi connectivity index (χ2v) is 6.24. The van der Waals surface area contributed by atoms with E-state index in [2.05, 4.69) is 10.4 Å². The number of rotatable bonds is 6. The Labute approximate surface area is 146 Å². The highest BCUT2D eigenvalue weighted by atomic mass is 19.1. The summed E-state index contributed by atoms with van der Waals surface area (Å²) in [6.07, 6.45) is 4.09. The van der Waals surface area contributed by atoms with Crippen LogP contribution in [0.4, 0.5) is 4.39 Å². The third-order valence-electron chi connectivity index (χ3n) is 4.49. The van der Waals surface area contributed by atoms with E-state index in [0.717, 1.165) is 24.2 Å². The molecule has 1 aliphatic heterocycles. The molecule has 1 unspecified atom stereocenters. The Hall–Kier alpha value is -2.25. The molecule has 0 aliphatic carbocycles. The maximum atomic E-state index is 13.0. The molecule has 25 heavy (non-hydrogen) atoms. The van der Waals surface area contributed by atoms with E-state index in [1.165, 1.54) is 12.1 Å². The Balaban J connectivity index is 1.47. The number of nitrogens with zero attached hydrogens (tertiary/aromatic N) is 2. The zero-order valence-electron chi connectivity index (χ0n) is 14.0. The first kappa shape index (κ1) is 17.6. The zero-order chi connectivity index (χ0) is 17.6. The fourth-order valence-corrected chi connectivity index (χ4v) is 2.95. The van der Waals surface area contributed by atoms with E-state index >= 15 is 0 Å². The molecule has 0 bridgehead atoms. The van der Waals surface area contributed by atoms with E-state index in [-0.39, 0.29) is 17.6 Å². The highest BCUT2D eigenvalue weighted by molar-refractivity contribution is 5.81. The lowest BCUT2D eigenvalue weighted by atomic mass is 9.92. The third kappa shape index (κ3) is 4.64. The van der Waals surface area contributed by atoms with Crippen LogP contribution in [0, 0.1) is 11.7 Å². The molecule has 0 saturated carbocycles. The molecule has 0 spiro atoms. The summed E-state index contributed by atoms with van der Waals surface area (Å²) in [5.41, 5.74) is 7.69. The number of carbonyl (C=O) groups excluding carboxylic acids is 1. The molecule has 7 heteroatoms. The van der Waals surface area contributed by atoms with Crippen LogP contribution in [-0.4, -0.2) is 41.5 Å². The number of nitrogens with two attached hydrogens (primary N) is 1. The van der Waals surface area contributed by atoms with Gasteiger partial charge in [-0.05, 0) is 49.1 Å². The van der Waals surface area contributed by atoms with E-state index in [1.807, 2.05) is 12.3 Å². The lowest BCUT2D eigenvalue weighted by Crippen LogP contribution is -2.47. The van der Waals surface area contributed by atoms with E-state index in [9.17, 15) is 9.18 Å². The van der Waals surface area contributed by atoms with Gasteiger partial charge in [0.25, 0.3) is 0 Å². The van der Waals surface area contributed by atoms with Crippen molar-refractivity contribution in [3.8, 4) is 5.69 Å². The van der Waals surface area contributed by atoms with Crippen LogP contribution in [0.15, 0.2) is 36.5 Å². The predicted molar refractivity (Wildman–Crippen MR) is 91.8 cm³/mol. The van der Waals surface area contributed by atoms with Gasteiger partial charge in [0.05, 0.1) is 17.4 Å². The van der Waals surface area contributed by atoms with Gasteiger partial charge in [0, 0.05) is 32.4 Å². The Kier molecular flexibility index (Phi) is 5.78. The molecule has 1 saturated heterocycles. The molecule has 1 aliphatic rings. The van der Waals surface area contributed by atoms with Gasteiger partial charge in [-0.3, -0.25) is 4.79 Å². The number of aromatic nitrogens is 2. The molecule has 2 heterocycles. The van der Waals surface area contributed by atoms with Crippen molar-refractivity contribution in [3.05, 3.63) is 48.0 Å². The van der Waals surface area contributed by atoms with Crippen molar-refractivity contribution < 1.29 is 13.9 Å². The summed E-state index contributed by atoms with van der Waals surface area (Å²) in [5, 5.41) is 7.32. The van der Waals surface area contributed by atoms with Gasteiger partial charge >= 0.3 is 0 Å². The predicted octanol–water partition coefficient (Wildman–Crippen LogP) is 1.42. The smallest absolute Gasteiger partial charge is 0.237 e. The van der Waals surface area contributed by atoms with E-state index < -0.39 is 6.04 Å². The molecule has 1 fully saturated rings. The molecule has 6 nitrogen and oxygen atoms in total. The SMILES string of the molecule is NC(C(=O)NCCc1ccn(-c2ccc(F)cc2)n1)C1CCOCC1. The summed E-state index contributed by atoms with van der Waals surface area (Å²) in [4.78, 5) is 12.2. The molecule has 1 atom stereocenters. The lowest BCUT2D eigenvalue weighted by molar-refractivity contribution is -0.124. The summed E-state index contributed by atoms with van der Waals surface area (Å²) in [7, 11) is 0. The average Bonchev–Trinajstić information content (AvgIpc) is 3.11. The van der Waals surface area contributed by atoms with Crippen molar-refractivity contribution in [2.45, 2.75) is 25.3 Å². The highest BCUT2D eigenvalue weighted by Crippen LogP contribution is 2.17. The van der Waals surface area contributed by atoms with Crippen molar-refractivity contribution in [3.63, 3.8) is 0 Å². The number of amides is 1. The Bertz CT molecular complexity index is 695. The summed E-state index contributed by atoms with van der Waals surface area (Å²) in [5.74, 6) is -0.212. The Morgan fingerprint density at radius 1 is 1.32 bits per heavy atom. The quantitative estimate of drug-likeness (QED) is 0.829. The fourth-order valence-electron chi connectivity index (χ4n) is 2.95. The van der Waals surface area contributed by atoms with Gasteiger partial charge in [-0.25, -0.2) is 9.07 Å². The summed E-state index contributed by atoms with van der Waals surface area (Å²) < 4.78 is 19.9. The molecule has 1 amide bonds. The second kappa shape index (κ2) is 8.22. The minimum atomic E-state index is -0.485. The van der Waals surface area contributed by atoms with Gasteiger partial charge in [0.1, 0.15) is 5.82 Å². The summed E-state index contributed by atoms with van der Waals surface area (Å²) in [6, 6.07) is 7.53. The number of nitrogens with one attached hydrogen (secondary N) is 1. The van der Waals surface area contributed by atoms with Crippen molar-refractivity contribution in [2.24, 2.45) is 11.7 Å². The number of halogens is 1. The molecular weight excluding hydrogens is 323 g/mol. The first-order valence-electron chi connectivity index (χ1n) is 8.55. The number of benzene rings is 1. The van der Waals surface area contributed by atoms with Crippen LogP contribution in [0.3, 0.4) is 0 Å².